The monoisotopic (exact) mass is 457 g/mol. The molecule has 5 rings (SSSR count). The summed E-state index contributed by atoms with van der Waals surface area (Å²) in [7, 11) is 0. The van der Waals surface area contributed by atoms with Gasteiger partial charge in [-0.15, -0.1) is 0 Å². The Hall–Kier alpha value is -3.45. The first kappa shape index (κ1) is 22.3. The zero-order valence-electron chi connectivity index (χ0n) is 19.4. The average Bonchev–Trinajstić information content (AvgIpc) is 3.37. The van der Waals surface area contributed by atoms with Gasteiger partial charge >= 0.3 is 0 Å². The summed E-state index contributed by atoms with van der Waals surface area (Å²) in [6, 6.07) is 17.6. The Balaban J connectivity index is 1.38. The van der Waals surface area contributed by atoms with Crippen LogP contribution in [0.2, 0.25) is 0 Å². The highest BCUT2D eigenvalue weighted by atomic mass is 16.2. The molecule has 1 saturated heterocycles. The van der Waals surface area contributed by atoms with E-state index in [1.165, 1.54) is 0 Å². The molecule has 0 bridgehead atoms. The second-order valence-electron chi connectivity index (χ2n) is 9.27. The molecule has 34 heavy (non-hydrogen) atoms. The molecule has 0 saturated carbocycles. The summed E-state index contributed by atoms with van der Waals surface area (Å²) in [5, 5.41) is 7.85. The molecular formula is C27H31N5O2. The highest BCUT2D eigenvalue weighted by Crippen LogP contribution is 2.27. The summed E-state index contributed by atoms with van der Waals surface area (Å²) in [5.41, 5.74) is 11.0. The Labute approximate surface area is 199 Å². The molecule has 2 amide bonds. The van der Waals surface area contributed by atoms with Gasteiger partial charge in [-0.05, 0) is 74.9 Å². The number of rotatable bonds is 6. The van der Waals surface area contributed by atoms with E-state index in [-0.39, 0.29) is 17.9 Å². The third-order valence-electron chi connectivity index (χ3n) is 6.91. The summed E-state index contributed by atoms with van der Waals surface area (Å²) in [5.74, 6) is -0.446. The normalized spacial score (nSPS) is 18.3. The van der Waals surface area contributed by atoms with Crippen LogP contribution in [0.1, 0.15) is 59.4 Å². The minimum absolute atomic E-state index is 0.179. The fraction of sp³-hybridized carbons (Fsp3) is 0.370. The Kier molecular flexibility index (Phi) is 6.45. The number of fused-ring (bicyclic) bond motifs is 1. The van der Waals surface area contributed by atoms with Crippen molar-refractivity contribution in [1.82, 2.24) is 14.7 Å². The lowest BCUT2D eigenvalue weighted by molar-refractivity contribution is -0.122. The zero-order valence-corrected chi connectivity index (χ0v) is 19.4. The first-order valence-corrected chi connectivity index (χ1v) is 12.2. The maximum atomic E-state index is 13.4. The van der Waals surface area contributed by atoms with Crippen LogP contribution in [0.5, 0.6) is 0 Å². The van der Waals surface area contributed by atoms with E-state index in [2.05, 4.69) is 10.2 Å². The van der Waals surface area contributed by atoms with Crippen LogP contribution in [0.15, 0.2) is 54.6 Å². The number of nitrogens with zero attached hydrogens (tertiary/aromatic N) is 3. The summed E-state index contributed by atoms with van der Waals surface area (Å²) in [4.78, 5) is 27.2. The van der Waals surface area contributed by atoms with Crippen LogP contribution in [0, 0.1) is 0 Å². The summed E-state index contributed by atoms with van der Waals surface area (Å²) in [6.07, 6.45) is 6.92. The maximum absolute atomic E-state index is 13.4. The minimum Gasteiger partial charge on any atom is -0.368 e. The van der Waals surface area contributed by atoms with Gasteiger partial charge < -0.3 is 11.1 Å². The minimum atomic E-state index is -0.267. The molecule has 2 aliphatic rings. The number of hydrogen-bond acceptors (Lipinski definition) is 4. The lowest BCUT2D eigenvalue weighted by Gasteiger charge is -2.22. The van der Waals surface area contributed by atoms with Crippen LogP contribution in [0.3, 0.4) is 0 Å². The van der Waals surface area contributed by atoms with Crippen LogP contribution in [-0.4, -0.2) is 39.1 Å². The second-order valence-corrected chi connectivity index (χ2v) is 9.27. The highest BCUT2D eigenvalue weighted by Gasteiger charge is 2.29. The molecule has 1 fully saturated rings. The molecule has 0 radical (unpaired) electrons. The van der Waals surface area contributed by atoms with Crippen LogP contribution in [-0.2, 0) is 24.2 Å². The van der Waals surface area contributed by atoms with Crippen molar-refractivity contribution in [1.29, 1.82) is 0 Å². The predicted molar refractivity (Wildman–Crippen MR) is 132 cm³/mol. The topological polar surface area (TPSA) is 93.2 Å². The Morgan fingerprint density at radius 2 is 1.82 bits per heavy atom. The lowest BCUT2D eigenvalue weighted by atomic mass is 10.1. The van der Waals surface area contributed by atoms with Gasteiger partial charge in [0.15, 0.2) is 5.69 Å². The van der Waals surface area contributed by atoms with Crippen LogP contribution in [0.25, 0.3) is 5.69 Å². The summed E-state index contributed by atoms with van der Waals surface area (Å²) in [6.45, 7) is 1.49. The number of likely N-dealkylation sites (tertiary alicyclic amines) is 1. The summed E-state index contributed by atoms with van der Waals surface area (Å²) < 4.78 is 1.95. The van der Waals surface area contributed by atoms with E-state index < -0.39 is 0 Å². The van der Waals surface area contributed by atoms with Gasteiger partial charge in [0.1, 0.15) is 0 Å². The van der Waals surface area contributed by atoms with Crippen LogP contribution < -0.4 is 11.1 Å². The number of anilines is 1. The van der Waals surface area contributed by atoms with E-state index in [4.69, 9.17) is 10.8 Å². The van der Waals surface area contributed by atoms with Crippen molar-refractivity contribution in [2.24, 2.45) is 5.73 Å². The molecule has 1 aliphatic heterocycles. The van der Waals surface area contributed by atoms with Gasteiger partial charge in [-0.3, -0.25) is 14.5 Å². The smallest absolute Gasteiger partial charge is 0.276 e. The molecule has 1 aliphatic carbocycles. The van der Waals surface area contributed by atoms with Gasteiger partial charge in [0.05, 0.1) is 11.7 Å². The van der Waals surface area contributed by atoms with Gasteiger partial charge in [-0.2, -0.15) is 5.10 Å². The molecule has 3 N–H and O–H groups in total. The Bertz CT molecular complexity index is 1190. The lowest BCUT2D eigenvalue weighted by Crippen LogP contribution is -2.39. The van der Waals surface area contributed by atoms with Crippen molar-refractivity contribution in [3.05, 3.63) is 77.1 Å². The molecule has 3 aromatic rings. The molecule has 1 atom stereocenters. The maximum Gasteiger partial charge on any atom is 0.276 e. The van der Waals surface area contributed by atoms with Crippen molar-refractivity contribution in [2.45, 2.75) is 57.5 Å². The van der Waals surface area contributed by atoms with Crippen molar-refractivity contribution in [3.8, 4) is 5.69 Å². The molecular weight excluding hydrogens is 426 g/mol. The quantitative estimate of drug-likeness (QED) is 0.550. The zero-order chi connectivity index (χ0) is 23.5. The third kappa shape index (κ3) is 4.61. The van der Waals surface area contributed by atoms with E-state index in [1.807, 2.05) is 59.3 Å². The second kappa shape index (κ2) is 9.81. The Morgan fingerprint density at radius 1 is 1.00 bits per heavy atom. The number of carbonyl (C=O) groups excluding carboxylic acids is 2. The SMILES string of the molecule is NC(=O)C1CCCN1Cc1cccc(NC(=O)c2nn(-c3ccccc3)c3c2CCCCC3)c1. The number of primary amides is 1. The van der Waals surface area contributed by atoms with E-state index in [9.17, 15) is 9.59 Å². The van der Waals surface area contributed by atoms with Crippen molar-refractivity contribution < 1.29 is 9.59 Å². The third-order valence-corrected chi connectivity index (χ3v) is 6.91. The number of para-hydroxylation sites is 1. The van der Waals surface area contributed by atoms with Gasteiger partial charge in [-0.1, -0.05) is 36.8 Å². The van der Waals surface area contributed by atoms with E-state index in [0.717, 1.165) is 79.7 Å². The van der Waals surface area contributed by atoms with Gasteiger partial charge in [0, 0.05) is 23.5 Å². The van der Waals surface area contributed by atoms with Crippen molar-refractivity contribution >= 4 is 17.5 Å². The Morgan fingerprint density at radius 3 is 2.65 bits per heavy atom. The van der Waals surface area contributed by atoms with Gasteiger partial charge in [0.25, 0.3) is 5.91 Å². The molecule has 1 aromatic heterocycles. The summed E-state index contributed by atoms with van der Waals surface area (Å²) >= 11 is 0. The standard InChI is InChI=1S/C27H31N5O2/c28-26(33)24-15-8-16-31(24)18-19-9-7-10-20(17-19)29-27(34)25-22-13-5-2-6-14-23(22)32(30-25)21-11-3-1-4-12-21/h1,3-4,7,9-12,17,24H,2,5-6,8,13-16,18H2,(H2,28,33)(H,29,34). The fourth-order valence-corrected chi connectivity index (χ4v) is 5.25. The number of benzene rings is 2. The first-order valence-electron chi connectivity index (χ1n) is 12.2. The average molecular weight is 458 g/mol. The molecule has 0 spiro atoms. The van der Waals surface area contributed by atoms with Crippen LogP contribution >= 0.6 is 0 Å². The number of amides is 2. The molecule has 1 unspecified atom stereocenters. The fourth-order valence-electron chi connectivity index (χ4n) is 5.25. The molecule has 176 valence electrons. The highest BCUT2D eigenvalue weighted by molar-refractivity contribution is 6.04. The predicted octanol–water partition coefficient (Wildman–Crippen LogP) is 3.84. The first-order chi connectivity index (χ1) is 16.6. The molecule has 2 aromatic carbocycles. The molecule has 7 nitrogen and oxygen atoms in total. The number of aromatic nitrogens is 2. The largest absolute Gasteiger partial charge is 0.368 e. The van der Waals surface area contributed by atoms with Crippen molar-refractivity contribution in [2.75, 3.05) is 11.9 Å². The molecule has 2 heterocycles. The number of nitrogens with one attached hydrogen (secondary N) is 1. The number of hydrogen-bond donors (Lipinski definition) is 2. The number of carbonyl (C=O) groups is 2. The van der Waals surface area contributed by atoms with Gasteiger partial charge in [0.2, 0.25) is 5.91 Å². The van der Waals surface area contributed by atoms with Crippen molar-refractivity contribution in [3.63, 3.8) is 0 Å². The number of nitrogens with two attached hydrogens (primary N) is 1. The van der Waals surface area contributed by atoms with E-state index >= 15 is 0 Å². The van der Waals surface area contributed by atoms with E-state index in [1.54, 1.807) is 0 Å². The van der Waals surface area contributed by atoms with Gasteiger partial charge in [-0.25, -0.2) is 4.68 Å². The molecule has 7 heteroatoms. The van der Waals surface area contributed by atoms with E-state index in [0.29, 0.717) is 12.2 Å². The van der Waals surface area contributed by atoms with Crippen LogP contribution in [0.4, 0.5) is 5.69 Å².